The number of amides is 2. The fourth-order valence-corrected chi connectivity index (χ4v) is 3.60. The van der Waals surface area contributed by atoms with Crippen LogP contribution in [0.4, 0.5) is 4.79 Å². The average Bonchev–Trinajstić information content (AvgIpc) is 2.48. The van der Waals surface area contributed by atoms with Crippen LogP contribution in [-0.4, -0.2) is 89.9 Å². The number of carboxylic acids is 1. The van der Waals surface area contributed by atoms with Crippen molar-refractivity contribution in [3.63, 3.8) is 0 Å². The van der Waals surface area contributed by atoms with Crippen LogP contribution in [0.25, 0.3) is 0 Å². The van der Waals surface area contributed by atoms with Crippen LogP contribution in [-0.2, 0) is 9.53 Å². The summed E-state index contributed by atoms with van der Waals surface area (Å²) in [6.45, 7) is 6.39. The highest BCUT2D eigenvalue weighted by Gasteiger charge is 2.32. The van der Waals surface area contributed by atoms with Crippen LogP contribution >= 0.6 is 11.8 Å². The van der Waals surface area contributed by atoms with Gasteiger partial charge in [0.1, 0.15) is 6.04 Å². The lowest BCUT2D eigenvalue weighted by Crippen LogP contribution is -2.56. The molecule has 0 aromatic heterocycles. The van der Waals surface area contributed by atoms with Gasteiger partial charge in [-0.1, -0.05) is 0 Å². The Hall–Kier alpha value is -0.990. The fraction of sp³-hybridized carbons (Fsp3) is 0.846. The summed E-state index contributed by atoms with van der Waals surface area (Å²) < 4.78 is 5.29. The van der Waals surface area contributed by atoms with E-state index in [-0.39, 0.29) is 12.1 Å². The second-order valence-electron chi connectivity index (χ2n) is 5.39. The molecule has 2 N–H and O–H groups in total. The summed E-state index contributed by atoms with van der Waals surface area (Å²) in [6, 6.07) is -1.01. The number of carbonyl (C=O) groups is 2. The Bertz CT molecular complexity index is 376. The third-order valence-electron chi connectivity index (χ3n) is 3.68. The molecule has 2 amide bonds. The van der Waals surface area contributed by atoms with E-state index < -0.39 is 12.0 Å². The highest BCUT2D eigenvalue weighted by atomic mass is 32.2. The summed E-state index contributed by atoms with van der Waals surface area (Å²) in [5, 5.41) is 12.1. The molecular formula is C13H23N3O4S. The normalized spacial score (nSPS) is 25.4. The highest BCUT2D eigenvalue weighted by Crippen LogP contribution is 2.16. The summed E-state index contributed by atoms with van der Waals surface area (Å²) in [7, 11) is 0. The summed E-state index contributed by atoms with van der Waals surface area (Å²) in [5.41, 5.74) is 0. The number of carbonyl (C=O) groups excluding carboxylic acids is 1. The molecule has 2 fully saturated rings. The van der Waals surface area contributed by atoms with Gasteiger partial charge in [0.15, 0.2) is 0 Å². The lowest BCUT2D eigenvalue weighted by Gasteiger charge is -2.34. The molecule has 0 aromatic rings. The van der Waals surface area contributed by atoms with Crippen molar-refractivity contribution in [2.45, 2.75) is 19.0 Å². The molecule has 2 aliphatic heterocycles. The van der Waals surface area contributed by atoms with E-state index in [9.17, 15) is 14.7 Å². The SMILES string of the molecule is CC(CN1CCOCC1)NC(=O)N1CCSCC1C(=O)O. The standard InChI is InChI=1S/C13H23N3O4S/c1-10(8-15-2-5-20-6-3-15)14-13(19)16-4-7-21-9-11(16)12(17)18/h10-11H,2-9H2,1H3,(H,14,19)(H,17,18). The van der Waals surface area contributed by atoms with E-state index in [1.807, 2.05) is 6.92 Å². The first-order chi connectivity index (χ1) is 10.1. The second-order valence-corrected chi connectivity index (χ2v) is 6.54. The molecule has 2 heterocycles. The first-order valence-electron chi connectivity index (χ1n) is 7.25. The minimum Gasteiger partial charge on any atom is -0.480 e. The molecule has 2 aliphatic rings. The number of nitrogens with zero attached hydrogens (tertiary/aromatic N) is 2. The van der Waals surface area contributed by atoms with Gasteiger partial charge in [0.2, 0.25) is 0 Å². The van der Waals surface area contributed by atoms with Gasteiger partial charge in [-0.05, 0) is 6.92 Å². The summed E-state index contributed by atoms with van der Waals surface area (Å²) >= 11 is 1.58. The highest BCUT2D eigenvalue weighted by molar-refractivity contribution is 7.99. The van der Waals surface area contributed by atoms with Gasteiger partial charge in [-0.3, -0.25) is 4.90 Å². The van der Waals surface area contributed by atoms with Crippen molar-refractivity contribution in [1.82, 2.24) is 15.1 Å². The quantitative estimate of drug-likeness (QED) is 0.755. The Kier molecular flexibility index (Phi) is 6.13. The van der Waals surface area contributed by atoms with Crippen LogP contribution in [0.3, 0.4) is 0 Å². The van der Waals surface area contributed by atoms with Crippen LogP contribution < -0.4 is 5.32 Å². The van der Waals surface area contributed by atoms with Gasteiger partial charge in [-0.15, -0.1) is 0 Å². The first kappa shape index (κ1) is 16.4. The number of carboxylic acid groups (broad SMARTS) is 1. The van der Waals surface area contributed by atoms with Crippen molar-refractivity contribution in [3.8, 4) is 0 Å². The molecule has 0 aromatic carbocycles. The van der Waals surface area contributed by atoms with Gasteiger partial charge in [0, 0.05) is 43.7 Å². The molecule has 0 radical (unpaired) electrons. The summed E-state index contributed by atoms with van der Waals surface area (Å²) in [5.74, 6) is 0.313. The molecular weight excluding hydrogens is 294 g/mol. The molecule has 8 heteroatoms. The van der Waals surface area contributed by atoms with E-state index in [2.05, 4.69) is 10.2 Å². The number of ether oxygens (including phenoxy) is 1. The number of rotatable bonds is 4. The fourth-order valence-electron chi connectivity index (χ4n) is 2.56. The molecule has 2 unspecified atom stereocenters. The molecule has 120 valence electrons. The monoisotopic (exact) mass is 317 g/mol. The van der Waals surface area contributed by atoms with Gasteiger partial charge in [-0.2, -0.15) is 11.8 Å². The Morgan fingerprint density at radius 3 is 2.76 bits per heavy atom. The van der Waals surface area contributed by atoms with Gasteiger partial charge in [0.25, 0.3) is 0 Å². The van der Waals surface area contributed by atoms with E-state index >= 15 is 0 Å². The molecule has 2 rings (SSSR count). The summed E-state index contributed by atoms with van der Waals surface area (Å²) in [6.07, 6.45) is 0. The van der Waals surface area contributed by atoms with Crippen LogP contribution in [0.2, 0.25) is 0 Å². The lowest BCUT2D eigenvalue weighted by atomic mass is 10.2. The number of urea groups is 1. The zero-order valence-electron chi connectivity index (χ0n) is 12.3. The van der Waals surface area contributed by atoms with Crippen molar-refractivity contribution < 1.29 is 19.4 Å². The second kappa shape index (κ2) is 7.86. The minimum absolute atomic E-state index is 0.0142. The topological polar surface area (TPSA) is 82.1 Å². The third kappa shape index (κ3) is 4.76. The Morgan fingerprint density at radius 2 is 2.10 bits per heavy atom. The summed E-state index contributed by atoms with van der Waals surface area (Å²) in [4.78, 5) is 27.2. The molecule has 0 spiro atoms. The molecule has 21 heavy (non-hydrogen) atoms. The largest absolute Gasteiger partial charge is 0.480 e. The Balaban J connectivity index is 1.82. The third-order valence-corrected chi connectivity index (χ3v) is 4.70. The van der Waals surface area contributed by atoms with Crippen LogP contribution in [0.15, 0.2) is 0 Å². The van der Waals surface area contributed by atoms with Crippen LogP contribution in [0.5, 0.6) is 0 Å². The van der Waals surface area contributed by atoms with E-state index in [1.54, 1.807) is 11.8 Å². The van der Waals surface area contributed by atoms with Crippen LogP contribution in [0.1, 0.15) is 6.92 Å². The number of morpholine rings is 1. The first-order valence-corrected chi connectivity index (χ1v) is 8.41. The molecule has 2 atom stereocenters. The number of hydrogen-bond donors (Lipinski definition) is 2. The molecule has 2 saturated heterocycles. The van der Waals surface area contributed by atoms with E-state index in [4.69, 9.17) is 4.74 Å². The number of nitrogens with one attached hydrogen (secondary N) is 1. The maximum absolute atomic E-state index is 12.3. The molecule has 0 saturated carbocycles. The maximum atomic E-state index is 12.3. The molecule has 0 aliphatic carbocycles. The number of hydrogen-bond acceptors (Lipinski definition) is 5. The average molecular weight is 317 g/mol. The van der Waals surface area contributed by atoms with Crippen molar-refractivity contribution in [3.05, 3.63) is 0 Å². The Morgan fingerprint density at radius 1 is 1.38 bits per heavy atom. The van der Waals surface area contributed by atoms with Crippen molar-refractivity contribution in [2.75, 3.05) is 50.9 Å². The molecule has 0 bridgehead atoms. The minimum atomic E-state index is -0.932. The predicted molar refractivity (Wildman–Crippen MR) is 80.7 cm³/mol. The number of thioether (sulfide) groups is 1. The van der Waals surface area contributed by atoms with Crippen molar-refractivity contribution >= 4 is 23.8 Å². The van der Waals surface area contributed by atoms with Crippen molar-refractivity contribution in [1.29, 1.82) is 0 Å². The zero-order valence-corrected chi connectivity index (χ0v) is 13.1. The lowest BCUT2D eigenvalue weighted by molar-refractivity contribution is -0.141. The van der Waals surface area contributed by atoms with Crippen LogP contribution in [0, 0.1) is 0 Å². The zero-order chi connectivity index (χ0) is 15.2. The van der Waals surface area contributed by atoms with Crippen molar-refractivity contribution in [2.24, 2.45) is 0 Å². The smallest absolute Gasteiger partial charge is 0.327 e. The van der Waals surface area contributed by atoms with E-state index in [0.717, 1.165) is 38.6 Å². The van der Waals surface area contributed by atoms with Gasteiger partial charge >= 0.3 is 12.0 Å². The predicted octanol–water partition coefficient (Wildman–Crippen LogP) is -0.0813. The number of aliphatic carboxylic acids is 1. The van der Waals surface area contributed by atoms with Gasteiger partial charge in [0.05, 0.1) is 13.2 Å². The molecule has 7 nitrogen and oxygen atoms in total. The van der Waals surface area contributed by atoms with E-state index in [1.165, 1.54) is 4.90 Å². The van der Waals surface area contributed by atoms with E-state index in [0.29, 0.717) is 12.3 Å². The van der Waals surface area contributed by atoms with Gasteiger partial charge < -0.3 is 20.1 Å². The Labute approximate surface area is 129 Å². The maximum Gasteiger partial charge on any atom is 0.327 e. The van der Waals surface area contributed by atoms with Gasteiger partial charge in [-0.25, -0.2) is 9.59 Å².